The summed E-state index contributed by atoms with van der Waals surface area (Å²) < 4.78 is 0. The van der Waals surface area contributed by atoms with E-state index in [4.69, 9.17) is 0 Å². The molecule has 0 spiro atoms. The maximum atomic E-state index is 10.3. The van der Waals surface area contributed by atoms with E-state index in [0.717, 1.165) is 25.8 Å². The Morgan fingerprint density at radius 1 is 1.35 bits per heavy atom. The number of aliphatic hydroxyl groups is 1. The highest BCUT2D eigenvalue weighted by Crippen LogP contribution is 2.33. The zero-order chi connectivity index (χ0) is 12.1. The topological polar surface area (TPSA) is 32.3 Å². The van der Waals surface area contributed by atoms with Crippen molar-refractivity contribution < 1.29 is 5.11 Å². The van der Waals surface area contributed by atoms with Gasteiger partial charge in [-0.25, -0.2) is 0 Å². The van der Waals surface area contributed by atoms with Gasteiger partial charge in [-0.2, -0.15) is 0 Å². The molecule has 1 aromatic carbocycles. The number of hydrogen-bond donors (Lipinski definition) is 2. The second kappa shape index (κ2) is 6.18. The lowest BCUT2D eigenvalue weighted by Crippen LogP contribution is -2.40. The van der Waals surface area contributed by atoms with E-state index in [9.17, 15) is 5.11 Å². The van der Waals surface area contributed by atoms with Crippen molar-refractivity contribution in [3.05, 3.63) is 35.9 Å². The number of benzene rings is 1. The minimum atomic E-state index is -0.169. The first kappa shape index (κ1) is 12.6. The zero-order valence-electron chi connectivity index (χ0n) is 10.6. The first-order valence-corrected chi connectivity index (χ1v) is 6.79. The summed E-state index contributed by atoms with van der Waals surface area (Å²) in [6, 6.07) is 10.9. The van der Waals surface area contributed by atoms with Crippen LogP contribution in [0.15, 0.2) is 30.3 Å². The Kier molecular flexibility index (Phi) is 4.57. The minimum absolute atomic E-state index is 0.169. The Bertz CT molecular complexity index is 325. The summed E-state index contributed by atoms with van der Waals surface area (Å²) in [6.45, 7) is 3.20. The third-order valence-corrected chi connectivity index (χ3v) is 3.74. The van der Waals surface area contributed by atoms with E-state index in [-0.39, 0.29) is 6.10 Å². The first-order chi connectivity index (χ1) is 8.33. The average molecular weight is 233 g/mol. The fourth-order valence-electron chi connectivity index (χ4n) is 2.86. The maximum Gasteiger partial charge on any atom is 0.0586 e. The molecule has 1 aliphatic heterocycles. The normalized spacial score (nSPS) is 26.7. The summed E-state index contributed by atoms with van der Waals surface area (Å²) in [7, 11) is 0. The van der Waals surface area contributed by atoms with E-state index in [2.05, 4.69) is 36.5 Å². The van der Waals surface area contributed by atoms with Gasteiger partial charge in [0.2, 0.25) is 0 Å². The molecule has 1 aromatic rings. The number of hydrogen-bond acceptors (Lipinski definition) is 2. The lowest BCUT2D eigenvalue weighted by Gasteiger charge is -2.36. The zero-order valence-corrected chi connectivity index (χ0v) is 10.6. The average Bonchev–Trinajstić information content (AvgIpc) is 2.40. The molecule has 2 heteroatoms. The fourth-order valence-corrected chi connectivity index (χ4v) is 2.86. The third-order valence-electron chi connectivity index (χ3n) is 3.74. The van der Waals surface area contributed by atoms with Crippen molar-refractivity contribution in [2.45, 2.75) is 44.8 Å². The molecule has 0 aromatic heterocycles. The predicted molar refractivity (Wildman–Crippen MR) is 70.8 cm³/mol. The van der Waals surface area contributed by atoms with Gasteiger partial charge in [0.25, 0.3) is 0 Å². The van der Waals surface area contributed by atoms with Crippen LogP contribution >= 0.6 is 0 Å². The first-order valence-electron chi connectivity index (χ1n) is 6.79. The van der Waals surface area contributed by atoms with Crippen molar-refractivity contribution in [2.75, 3.05) is 6.54 Å². The summed E-state index contributed by atoms with van der Waals surface area (Å²) in [5.74, 6) is 0.367. The molecule has 2 rings (SSSR count). The molecule has 17 heavy (non-hydrogen) atoms. The Labute approximate surface area is 104 Å². The van der Waals surface area contributed by atoms with Gasteiger partial charge in [-0.15, -0.1) is 0 Å². The summed E-state index contributed by atoms with van der Waals surface area (Å²) in [6.07, 6.45) is 4.11. The smallest absolute Gasteiger partial charge is 0.0586 e. The quantitative estimate of drug-likeness (QED) is 0.838. The van der Waals surface area contributed by atoms with Crippen LogP contribution in [-0.2, 0) is 0 Å². The van der Waals surface area contributed by atoms with Crippen LogP contribution in [0.2, 0.25) is 0 Å². The van der Waals surface area contributed by atoms with E-state index in [1.54, 1.807) is 0 Å². The van der Waals surface area contributed by atoms with Crippen LogP contribution in [0.3, 0.4) is 0 Å². The minimum Gasteiger partial charge on any atom is -0.393 e. The molecule has 3 unspecified atom stereocenters. The molecule has 0 bridgehead atoms. The molecule has 0 saturated carbocycles. The van der Waals surface area contributed by atoms with E-state index in [1.165, 1.54) is 12.0 Å². The van der Waals surface area contributed by atoms with Gasteiger partial charge < -0.3 is 10.4 Å². The molecular weight excluding hydrogens is 210 g/mol. The number of piperidine rings is 1. The lowest BCUT2D eigenvalue weighted by molar-refractivity contribution is 0.0578. The molecule has 2 nitrogen and oxygen atoms in total. The van der Waals surface area contributed by atoms with Crippen molar-refractivity contribution in [1.82, 2.24) is 5.32 Å². The van der Waals surface area contributed by atoms with E-state index < -0.39 is 0 Å². The molecule has 0 radical (unpaired) electrons. The van der Waals surface area contributed by atoms with Crippen LogP contribution in [0, 0.1) is 5.92 Å². The molecule has 3 atom stereocenters. The highest BCUT2D eigenvalue weighted by molar-refractivity contribution is 5.20. The fraction of sp³-hybridized carbons (Fsp3) is 0.600. The van der Waals surface area contributed by atoms with Gasteiger partial charge in [-0.05, 0) is 31.4 Å². The van der Waals surface area contributed by atoms with Crippen LogP contribution in [0.1, 0.15) is 44.2 Å². The highest BCUT2D eigenvalue weighted by atomic mass is 16.3. The molecular formula is C15H23NO. The maximum absolute atomic E-state index is 10.3. The molecule has 1 saturated heterocycles. The van der Waals surface area contributed by atoms with E-state index in [0.29, 0.717) is 12.0 Å². The van der Waals surface area contributed by atoms with Crippen LogP contribution in [0.5, 0.6) is 0 Å². The SMILES string of the molecule is CCCC(O)C1CCCNC1c1ccccc1. The second-order valence-electron chi connectivity index (χ2n) is 5.00. The van der Waals surface area contributed by atoms with E-state index >= 15 is 0 Å². The van der Waals surface area contributed by atoms with Crippen LogP contribution in [-0.4, -0.2) is 17.8 Å². The van der Waals surface area contributed by atoms with Gasteiger partial charge in [-0.1, -0.05) is 43.7 Å². The van der Waals surface area contributed by atoms with Crippen molar-refractivity contribution in [1.29, 1.82) is 0 Å². The number of nitrogens with one attached hydrogen (secondary N) is 1. The molecule has 1 heterocycles. The van der Waals surface area contributed by atoms with Crippen LogP contribution in [0.4, 0.5) is 0 Å². The van der Waals surface area contributed by atoms with Crippen molar-refractivity contribution in [2.24, 2.45) is 5.92 Å². The van der Waals surface area contributed by atoms with Crippen LogP contribution in [0.25, 0.3) is 0 Å². The standard InChI is InChI=1S/C15H23NO/c1-2-7-14(17)13-10-6-11-16-15(13)12-8-4-3-5-9-12/h3-5,8-9,13-17H,2,6-7,10-11H2,1H3. The molecule has 0 amide bonds. The van der Waals surface area contributed by atoms with E-state index in [1.807, 2.05) is 6.07 Å². The Hall–Kier alpha value is -0.860. The summed E-state index contributed by atoms with van der Waals surface area (Å²) in [4.78, 5) is 0. The van der Waals surface area contributed by atoms with Gasteiger partial charge in [0.1, 0.15) is 0 Å². The largest absolute Gasteiger partial charge is 0.393 e. The summed E-state index contributed by atoms with van der Waals surface area (Å²) in [5.41, 5.74) is 1.31. The Balaban J connectivity index is 2.12. The second-order valence-corrected chi connectivity index (χ2v) is 5.00. The molecule has 1 fully saturated rings. The Morgan fingerprint density at radius 3 is 2.82 bits per heavy atom. The van der Waals surface area contributed by atoms with Gasteiger partial charge in [0, 0.05) is 12.0 Å². The van der Waals surface area contributed by atoms with Crippen molar-refractivity contribution in [3.8, 4) is 0 Å². The highest BCUT2D eigenvalue weighted by Gasteiger charge is 2.30. The van der Waals surface area contributed by atoms with Gasteiger partial charge in [-0.3, -0.25) is 0 Å². The van der Waals surface area contributed by atoms with Gasteiger partial charge >= 0.3 is 0 Å². The molecule has 2 N–H and O–H groups in total. The monoisotopic (exact) mass is 233 g/mol. The molecule has 94 valence electrons. The van der Waals surface area contributed by atoms with Crippen molar-refractivity contribution in [3.63, 3.8) is 0 Å². The lowest BCUT2D eigenvalue weighted by atomic mass is 9.81. The summed E-state index contributed by atoms with van der Waals surface area (Å²) >= 11 is 0. The molecule has 0 aliphatic carbocycles. The number of aliphatic hydroxyl groups excluding tert-OH is 1. The van der Waals surface area contributed by atoms with Crippen molar-refractivity contribution >= 4 is 0 Å². The predicted octanol–water partition coefficient (Wildman–Crippen LogP) is 2.89. The van der Waals surface area contributed by atoms with Gasteiger partial charge in [0.05, 0.1) is 6.10 Å². The summed E-state index contributed by atoms with van der Waals surface area (Å²) in [5, 5.41) is 13.8. The Morgan fingerprint density at radius 2 is 2.12 bits per heavy atom. The van der Waals surface area contributed by atoms with Crippen LogP contribution < -0.4 is 5.32 Å². The van der Waals surface area contributed by atoms with Gasteiger partial charge in [0.15, 0.2) is 0 Å². The third kappa shape index (κ3) is 3.08. The molecule has 1 aliphatic rings. The number of rotatable bonds is 4.